The molecule has 1 aromatic rings. The molecule has 0 spiro atoms. The van der Waals surface area contributed by atoms with E-state index in [0.29, 0.717) is 19.6 Å². The quantitative estimate of drug-likeness (QED) is 0.813. The molecule has 0 bridgehead atoms. The van der Waals surface area contributed by atoms with Crippen LogP contribution >= 0.6 is 0 Å². The Morgan fingerprint density at radius 2 is 2.19 bits per heavy atom. The average Bonchev–Trinajstić information content (AvgIpc) is 2.46. The molecular formula is C15H24N2O3S. The summed E-state index contributed by atoms with van der Waals surface area (Å²) >= 11 is 0. The summed E-state index contributed by atoms with van der Waals surface area (Å²) in [4.78, 5) is 0. The molecule has 2 N–H and O–H groups in total. The highest BCUT2D eigenvalue weighted by Gasteiger charge is 2.27. The molecule has 0 aromatic heterocycles. The summed E-state index contributed by atoms with van der Waals surface area (Å²) in [5.41, 5.74) is 8.83. The minimum Gasteiger partial charge on any atom is -0.385 e. The van der Waals surface area contributed by atoms with Crippen LogP contribution in [0.1, 0.15) is 36.9 Å². The Morgan fingerprint density at radius 1 is 1.43 bits per heavy atom. The zero-order chi connectivity index (χ0) is 15.5. The van der Waals surface area contributed by atoms with Gasteiger partial charge in [-0.25, -0.2) is 8.42 Å². The van der Waals surface area contributed by atoms with Crippen LogP contribution in [0.15, 0.2) is 18.2 Å². The van der Waals surface area contributed by atoms with Gasteiger partial charge in [-0.1, -0.05) is 12.1 Å². The van der Waals surface area contributed by atoms with Crippen LogP contribution in [-0.4, -0.2) is 34.4 Å². The van der Waals surface area contributed by atoms with Crippen LogP contribution < -0.4 is 10.0 Å². The van der Waals surface area contributed by atoms with Gasteiger partial charge in [-0.3, -0.25) is 4.31 Å². The second kappa shape index (κ2) is 6.77. The van der Waals surface area contributed by atoms with Gasteiger partial charge in [0.2, 0.25) is 10.0 Å². The molecule has 0 saturated carbocycles. The molecule has 1 aliphatic heterocycles. The molecule has 0 amide bonds. The molecule has 0 aliphatic carbocycles. The smallest absolute Gasteiger partial charge is 0.235 e. The molecule has 118 valence electrons. The molecule has 1 heterocycles. The van der Waals surface area contributed by atoms with Crippen LogP contribution in [0.5, 0.6) is 0 Å². The van der Waals surface area contributed by atoms with E-state index >= 15 is 0 Å². The zero-order valence-electron chi connectivity index (χ0n) is 12.7. The van der Waals surface area contributed by atoms with Crippen LogP contribution in [0.2, 0.25) is 0 Å². The van der Waals surface area contributed by atoms with Crippen molar-refractivity contribution in [3.63, 3.8) is 0 Å². The standard InChI is InChI=1S/C15H24N2O3S/c1-12(16)13-6-7-15-14(11-13)5-3-8-17(15)21(18,19)10-4-9-20-2/h6-7,11-12H,3-5,8-10,16H2,1-2H3. The highest BCUT2D eigenvalue weighted by molar-refractivity contribution is 7.92. The number of anilines is 1. The lowest BCUT2D eigenvalue weighted by molar-refractivity contribution is 0.199. The summed E-state index contributed by atoms with van der Waals surface area (Å²) in [7, 11) is -1.70. The average molecular weight is 312 g/mol. The summed E-state index contributed by atoms with van der Waals surface area (Å²) in [5, 5.41) is 0. The lowest BCUT2D eigenvalue weighted by Gasteiger charge is -2.31. The Morgan fingerprint density at radius 3 is 2.86 bits per heavy atom. The van der Waals surface area contributed by atoms with Gasteiger partial charge in [-0.2, -0.15) is 0 Å². The lowest BCUT2D eigenvalue weighted by atomic mass is 9.98. The largest absolute Gasteiger partial charge is 0.385 e. The van der Waals surface area contributed by atoms with Gasteiger partial charge in [0.1, 0.15) is 0 Å². The summed E-state index contributed by atoms with van der Waals surface area (Å²) in [6.07, 6.45) is 2.27. The van der Waals surface area contributed by atoms with Gasteiger partial charge < -0.3 is 10.5 Å². The van der Waals surface area contributed by atoms with Crippen LogP contribution in [0.3, 0.4) is 0 Å². The Balaban J connectivity index is 2.25. The minimum atomic E-state index is -3.28. The Kier molecular flexibility index (Phi) is 5.24. The van der Waals surface area contributed by atoms with Gasteiger partial charge in [0.15, 0.2) is 0 Å². The molecule has 21 heavy (non-hydrogen) atoms. The Bertz CT molecular complexity index is 585. The molecule has 6 heteroatoms. The first-order chi connectivity index (χ1) is 9.95. The van der Waals surface area contributed by atoms with Crippen LogP contribution in [0.4, 0.5) is 5.69 Å². The van der Waals surface area contributed by atoms with E-state index in [1.54, 1.807) is 11.4 Å². The molecular weight excluding hydrogens is 288 g/mol. The number of nitrogens with two attached hydrogens (primary N) is 1. The van der Waals surface area contributed by atoms with Gasteiger partial charge in [0.05, 0.1) is 11.4 Å². The van der Waals surface area contributed by atoms with Crippen molar-refractivity contribution in [1.29, 1.82) is 0 Å². The lowest BCUT2D eigenvalue weighted by Crippen LogP contribution is -2.37. The normalized spacial score (nSPS) is 16.6. The van der Waals surface area contributed by atoms with Gasteiger partial charge in [-0.15, -0.1) is 0 Å². The van der Waals surface area contributed by atoms with Crippen molar-refractivity contribution < 1.29 is 13.2 Å². The van der Waals surface area contributed by atoms with Crippen molar-refractivity contribution in [1.82, 2.24) is 0 Å². The second-order valence-electron chi connectivity index (χ2n) is 5.51. The Labute approximate surface area is 127 Å². The van der Waals surface area contributed by atoms with E-state index in [2.05, 4.69) is 0 Å². The van der Waals surface area contributed by atoms with E-state index in [1.807, 2.05) is 25.1 Å². The summed E-state index contributed by atoms with van der Waals surface area (Å²) in [6.45, 7) is 2.95. The topological polar surface area (TPSA) is 72.6 Å². The van der Waals surface area contributed by atoms with Crippen molar-refractivity contribution in [2.45, 2.75) is 32.2 Å². The third-order valence-corrected chi connectivity index (χ3v) is 5.65. The molecule has 1 aromatic carbocycles. The van der Waals surface area contributed by atoms with Gasteiger partial charge in [0.25, 0.3) is 0 Å². The van der Waals surface area contributed by atoms with E-state index < -0.39 is 10.0 Å². The maximum atomic E-state index is 12.5. The number of nitrogens with zero attached hydrogens (tertiary/aromatic N) is 1. The minimum absolute atomic E-state index is 0.0380. The fourth-order valence-corrected chi connectivity index (χ4v) is 4.24. The van der Waals surface area contributed by atoms with Crippen molar-refractivity contribution >= 4 is 15.7 Å². The first kappa shape index (κ1) is 16.3. The van der Waals surface area contributed by atoms with Gasteiger partial charge in [-0.05, 0) is 43.4 Å². The first-order valence-corrected chi connectivity index (χ1v) is 8.94. The summed E-state index contributed by atoms with van der Waals surface area (Å²) < 4.78 is 31.5. The molecule has 5 nitrogen and oxygen atoms in total. The van der Waals surface area contributed by atoms with Crippen LogP contribution in [-0.2, 0) is 21.2 Å². The van der Waals surface area contributed by atoms with Gasteiger partial charge in [0, 0.05) is 26.3 Å². The predicted molar refractivity (Wildman–Crippen MR) is 85.0 cm³/mol. The molecule has 0 saturated heterocycles. The number of methoxy groups -OCH3 is 1. The first-order valence-electron chi connectivity index (χ1n) is 7.33. The summed E-state index contributed by atoms with van der Waals surface area (Å²) in [6, 6.07) is 5.81. The van der Waals surface area contributed by atoms with E-state index in [9.17, 15) is 8.42 Å². The molecule has 1 unspecified atom stereocenters. The number of aryl methyl sites for hydroxylation is 1. The van der Waals surface area contributed by atoms with Gasteiger partial charge >= 0.3 is 0 Å². The molecule has 0 fully saturated rings. The number of rotatable bonds is 6. The van der Waals surface area contributed by atoms with Crippen molar-refractivity contribution in [3.8, 4) is 0 Å². The number of ether oxygens (including phenoxy) is 1. The van der Waals surface area contributed by atoms with E-state index in [-0.39, 0.29) is 11.8 Å². The number of hydrogen-bond acceptors (Lipinski definition) is 4. The zero-order valence-corrected chi connectivity index (χ0v) is 13.5. The highest BCUT2D eigenvalue weighted by atomic mass is 32.2. The van der Waals surface area contributed by atoms with E-state index in [1.165, 1.54) is 0 Å². The number of benzene rings is 1. The molecule has 0 radical (unpaired) electrons. The SMILES string of the molecule is COCCCS(=O)(=O)N1CCCc2cc(C(C)N)ccc21. The van der Waals surface area contributed by atoms with E-state index in [4.69, 9.17) is 10.5 Å². The second-order valence-corrected chi connectivity index (χ2v) is 7.53. The van der Waals surface area contributed by atoms with Crippen molar-refractivity contribution in [2.75, 3.05) is 30.3 Å². The number of hydrogen-bond donors (Lipinski definition) is 1. The highest BCUT2D eigenvalue weighted by Crippen LogP contribution is 2.31. The molecule has 1 atom stereocenters. The fourth-order valence-electron chi connectivity index (χ4n) is 2.65. The predicted octanol–water partition coefficient (Wildman–Crippen LogP) is 1.83. The Hall–Kier alpha value is -1.11. The summed E-state index contributed by atoms with van der Waals surface area (Å²) in [5.74, 6) is 0.120. The van der Waals surface area contributed by atoms with Crippen LogP contribution in [0, 0.1) is 0 Å². The maximum absolute atomic E-state index is 12.5. The van der Waals surface area contributed by atoms with Crippen molar-refractivity contribution in [2.24, 2.45) is 5.73 Å². The third-order valence-electron chi connectivity index (χ3n) is 3.79. The monoisotopic (exact) mass is 312 g/mol. The number of sulfonamides is 1. The third kappa shape index (κ3) is 3.75. The maximum Gasteiger partial charge on any atom is 0.235 e. The van der Waals surface area contributed by atoms with Crippen LogP contribution in [0.25, 0.3) is 0 Å². The number of fused-ring (bicyclic) bond motifs is 1. The molecule has 1 aliphatic rings. The molecule has 2 rings (SSSR count). The van der Waals surface area contributed by atoms with E-state index in [0.717, 1.165) is 29.7 Å². The van der Waals surface area contributed by atoms with Crippen molar-refractivity contribution in [3.05, 3.63) is 29.3 Å². The fraction of sp³-hybridized carbons (Fsp3) is 0.600.